The van der Waals surface area contributed by atoms with E-state index < -0.39 is 0 Å². The maximum Gasteiger partial charge on any atom is 0.286 e. The summed E-state index contributed by atoms with van der Waals surface area (Å²) in [6.07, 6.45) is 1.93. The molecule has 1 N–H and O–H groups in total. The van der Waals surface area contributed by atoms with Crippen molar-refractivity contribution in [2.24, 2.45) is 0 Å². The van der Waals surface area contributed by atoms with Crippen LogP contribution in [0.4, 0.5) is 16.2 Å². The van der Waals surface area contributed by atoms with Gasteiger partial charge < -0.3 is 10.2 Å². The number of amides is 2. The SMILES string of the molecule is Cc1ccc2c(c1)CCCN2C(=O)SCC(=O)Nc1ccc(Cl)cc1. The van der Waals surface area contributed by atoms with E-state index >= 15 is 0 Å². The van der Waals surface area contributed by atoms with Crippen molar-refractivity contribution in [1.82, 2.24) is 0 Å². The van der Waals surface area contributed by atoms with Crippen LogP contribution in [0.3, 0.4) is 0 Å². The number of aryl methyl sites for hydroxylation is 2. The molecule has 130 valence electrons. The Bertz CT molecular complexity index is 793. The maximum absolute atomic E-state index is 12.5. The van der Waals surface area contributed by atoms with Crippen LogP contribution in [0.25, 0.3) is 0 Å². The van der Waals surface area contributed by atoms with E-state index in [1.807, 2.05) is 12.1 Å². The van der Waals surface area contributed by atoms with Gasteiger partial charge >= 0.3 is 0 Å². The molecule has 0 bridgehead atoms. The first-order valence-corrected chi connectivity index (χ1v) is 9.48. The number of carbonyl (C=O) groups is 2. The third-order valence-electron chi connectivity index (χ3n) is 4.03. The van der Waals surface area contributed by atoms with Crippen LogP contribution >= 0.6 is 23.4 Å². The summed E-state index contributed by atoms with van der Waals surface area (Å²) in [6, 6.07) is 13.0. The minimum atomic E-state index is -0.207. The van der Waals surface area contributed by atoms with Crippen LogP contribution in [-0.4, -0.2) is 23.4 Å². The lowest BCUT2D eigenvalue weighted by Gasteiger charge is -2.29. The molecule has 2 amide bonds. The van der Waals surface area contributed by atoms with E-state index in [2.05, 4.69) is 18.3 Å². The van der Waals surface area contributed by atoms with Gasteiger partial charge in [-0.2, -0.15) is 0 Å². The van der Waals surface area contributed by atoms with Gasteiger partial charge in [0, 0.05) is 22.9 Å². The van der Waals surface area contributed by atoms with Crippen LogP contribution in [0.15, 0.2) is 42.5 Å². The highest BCUT2D eigenvalue weighted by Gasteiger charge is 2.23. The molecule has 1 aliphatic heterocycles. The number of hydrogen-bond acceptors (Lipinski definition) is 3. The Morgan fingerprint density at radius 3 is 2.72 bits per heavy atom. The number of nitrogens with one attached hydrogen (secondary N) is 1. The van der Waals surface area contributed by atoms with Gasteiger partial charge in [0.2, 0.25) is 5.91 Å². The molecule has 1 heterocycles. The van der Waals surface area contributed by atoms with Gasteiger partial charge in [0.1, 0.15) is 0 Å². The van der Waals surface area contributed by atoms with Crippen molar-refractivity contribution in [2.75, 3.05) is 22.5 Å². The third-order valence-corrected chi connectivity index (χ3v) is 5.15. The summed E-state index contributed by atoms with van der Waals surface area (Å²) in [5.41, 5.74) is 4.03. The topological polar surface area (TPSA) is 49.4 Å². The molecule has 0 aliphatic carbocycles. The first kappa shape index (κ1) is 17.8. The Labute approximate surface area is 156 Å². The first-order valence-electron chi connectivity index (χ1n) is 8.12. The number of rotatable bonds is 3. The van der Waals surface area contributed by atoms with E-state index in [0.717, 1.165) is 30.3 Å². The number of anilines is 2. The van der Waals surface area contributed by atoms with E-state index in [1.54, 1.807) is 29.2 Å². The molecular weight excluding hydrogens is 356 g/mol. The number of benzene rings is 2. The van der Waals surface area contributed by atoms with Crippen molar-refractivity contribution < 1.29 is 9.59 Å². The van der Waals surface area contributed by atoms with Crippen LogP contribution in [0, 0.1) is 6.92 Å². The van der Waals surface area contributed by atoms with Crippen LogP contribution in [0.2, 0.25) is 5.02 Å². The lowest BCUT2D eigenvalue weighted by Crippen LogP contribution is -2.33. The number of carbonyl (C=O) groups excluding carboxylic acids is 2. The highest BCUT2D eigenvalue weighted by molar-refractivity contribution is 8.14. The van der Waals surface area contributed by atoms with Gasteiger partial charge in [-0.25, -0.2) is 0 Å². The van der Waals surface area contributed by atoms with E-state index in [4.69, 9.17) is 11.6 Å². The molecule has 2 aromatic carbocycles. The number of fused-ring (bicyclic) bond motifs is 1. The molecule has 0 radical (unpaired) electrons. The van der Waals surface area contributed by atoms with Gasteiger partial charge in [-0.1, -0.05) is 41.1 Å². The molecule has 0 unspecified atom stereocenters. The Kier molecular flexibility index (Phi) is 5.66. The van der Waals surface area contributed by atoms with Crippen molar-refractivity contribution in [2.45, 2.75) is 19.8 Å². The molecule has 0 aromatic heterocycles. The number of halogens is 1. The fourth-order valence-corrected chi connectivity index (χ4v) is 3.65. The zero-order chi connectivity index (χ0) is 17.8. The second-order valence-electron chi connectivity index (χ2n) is 6.00. The highest BCUT2D eigenvalue weighted by atomic mass is 35.5. The largest absolute Gasteiger partial charge is 0.325 e. The first-order chi connectivity index (χ1) is 12.0. The predicted octanol–water partition coefficient (Wildman–Crippen LogP) is 4.89. The maximum atomic E-state index is 12.5. The van der Waals surface area contributed by atoms with Crippen molar-refractivity contribution in [3.8, 4) is 0 Å². The zero-order valence-corrected chi connectivity index (χ0v) is 15.5. The zero-order valence-electron chi connectivity index (χ0n) is 13.9. The second-order valence-corrected chi connectivity index (χ2v) is 7.36. The lowest BCUT2D eigenvalue weighted by atomic mass is 10.0. The molecule has 25 heavy (non-hydrogen) atoms. The average Bonchev–Trinajstić information content (AvgIpc) is 2.61. The minimum Gasteiger partial charge on any atom is -0.325 e. The second kappa shape index (κ2) is 7.93. The van der Waals surface area contributed by atoms with Crippen molar-refractivity contribution in [1.29, 1.82) is 0 Å². The van der Waals surface area contributed by atoms with E-state index in [1.165, 1.54) is 11.1 Å². The van der Waals surface area contributed by atoms with Gasteiger partial charge in [0.25, 0.3) is 5.24 Å². The summed E-state index contributed by atoms with van der Waals surface area (Å²) < 4.78 is 0. The predicted molar refractivity (Wildman–Crippen MR) is 105 cm³/mol. The van der Waals surface area contributed by atoms with Gasteiger partial charge in [0.05, 0.1) is 5.75 Å². The Hall–Kier alpha value is -1.98. The third kappa shape index (κ3) is 4.55. The molecule has 0 atom stereocenters. The van der Waals surface area contributed by atoms with Crippen molar-refractivity contribution in [3.63, 3.8) is 0 Å². The molecule has 0 saturated carbocycles. The molecular formula is C19H19ClN2O2S. The number of nitrogens with zero attached hydrogens (tertiary/aromatic N) is 1. The molecule has 0 saturated heterocycles. The summed E-state index contributed by atoms with van der Waals surface area (Å²) in [5.74, 6) is -0.124. The van der Waals surface area contributed by atoms with E-state index in [-0.39, 0.29) is 16.9 Å². The molecule has 0 fully saturated rings. The fourth-order valence-electron chi connectivity index (χ4n) is 2.85. The summed E-state index contributed by atoms with van der Waals surface area (Å²) in [4.78, 5) is 26.4. The summed E-state index contributed by atoms with van der Waals surface area (Å²) >= 11 is 6.85. The minimum absolute atomic E-state index is 0.0825. The van der Waals surface area contributed by atoms with Crippen molar-refractivity contribution >= 4 is 45.9 Å². The van der Waals surface area contributed by atoms with Crippen molar-refractivity contribution in [3.05, 3.63) is 58.6 Å². The number of thioether (sulfide) groups is 1. The molecule has 0 spiro atoms. The Balaban J connectivity index is 1.58. The standard InChI is InChI=1S/C19H19ClN2O2S/c1-13-4-9-17-14(11-13)3-2-10-22(17)19(24)25-12-18(23)21-16-7-5-15(20)6-8-16/h4-9,11H,2-3,10,12H2,1H3,(H,21,23). The number of hydrogen-bond donors (Lipinski definition) is 1. The molecule has 3 rings (SSSR count). The van der Waals surface area contributed by atoms with Crippen LogP contribution < -0.4 is 10.2 Å². The smallest absolute Gasteiger partial charge is 0.286 e. The summed E-state index contributed by atoms with van der Waals surface area (Å²) in [5, 5.41) is 3.29. The van der Waals surface area contributed by atoms with Gasteiger partial charge in [-0.15, -0.1) is 0 Å². The lowest BCUT2D eigenvalue weighted by molar-refractivity contribution is -0.113. The quantitative estimate of drug-likeness (QED) is 0.831. The van der Waals surface area contributed by atoms with Gasteiger partial charge in [-0.3, -0.25) is 9.59 Å². The Morgan fingerprint density at radius 1 is 1.20 bits per heavy atom. The normalized spacial score (nSPS) is 13.3. The van der Waals surface area contributed by atoms with Crippen LogP contribution in [-0.2, 0) is 11.2 Å². The molecule has 1 aliphatic rings. The monoisotopic (exact) mass is 374 g/mol. The molecule has 6 heteroatoms. The van der Waals surface area contributed by atoms with Crippen LogP contribution in [0.1, 0.15) is 17.5 Å². The molecule has 2 aromatic rings. The van der Waals surface area contributed by atoms with Gasteiger partial charge in [0.15, 0.2) is 0 Å². The van der Waals surface area contributed by atoms with E-state index in [9.17, 15) is 9.59 Å². The fraction of sp³-hybridized carbons (Fsp3) is 0.263. The van der Waals surface area contributed by atoms with Gasteiger partial charge in [-0.05, 0) is 55.7 Å². The van der Waals surface area contributed by atoms with Crippen LogP contribution in [0.5, 0.6) is 0 Å². The summed E-state index contributed by atoms with van der Waals surface area (Å²) in [7, 11) is 0. The van der Waals surface area contributed by atoms with E-state index in [0.29, 0.717) is 17.3 Å². The Morgan fingerprint density at radius 2 is 1.96 bits per heavy atom. The molecule has 4 nitrogen and oxygen atoms in total. The highest BCUT2D eigenvalue weighted by Crippen LogP contribution is 2.30. The average molecular weight is 375 g/mol. The summed E-state index contributed by atoms with van der Waals surface area (Å²) in [6.45, 7) is 2.75.